The maximum Gasteiger partial charge on any atom is 0.258 e. The Morgan fingerprint density at radius 1 is 1.06 bits per heavy atom. The molecule has 0 unspecified atom stereocenters. The molecule has 0 atom stereocenters. The summed E-state index contributed by atoms with van der Waals surface area (Å²) in [6, 6.07) is 20.8. The standard InChI is InChI=1S/C27H26N4O4/c1-2-33-21-10-8-20(9-11-21)30-27(28-14-13-19-16-29-23-6-4-3-5-22(19)23)31-26(32)18-7-12-24-25(15-18)35-17-34-24/h3-12,15-16,29H,2,13-14,17H2,1H3,(H2,28,30,31,32). The first-order valence-electron chi connectivity index (χ1n) is 11.5. The summed E-state index contributed by atoms with van der Waals surface area (Å²) in [5, 5.41) is 7.29. The van der Waals surface area contributed by atoms with E-state index in [4.69, 9.17) is 14.2 Å². The Kier molecular flexibility index (Phi) is 6.52. The summed E-state index contributed by atoms with van der Waals surface area (Å²) >= 11 is 0. The summed E-state index contributed by atoms with van der Waals surface area (Å²) in [4.78, 5) is 21.0. The minimum atomic E-state index is -0.299. The van der Waals surface area contributed by atoms with E-state index in [-0.39, 0.29) is 12.7 Å². The fourth-order valence-corrected chi connectivity index (χ4v) is 3.89. The van der Waals surface area contributed by atoms with Crippen molar-refractivity contribution in [3.05, 3.63) is 84.1 Å². The van der Waals surface area contributed by atoms with Crippen LogP contribution >= 0.6 is 0 Å². The number of aromatic amines is 1. The molecule has 0 saturated carbocycles. The monoisotopic (exact) mass is 470 g/mol. The number of nitrogens with one attached hydrogen (secondary N) is 3. The number of H-pyrrole nitrogens is 1. The Morgan fingerprint density at radius 3 is 2.74 bits per heavy atom. The number of benzene rings is 3. The molecule has 1 aliphatic rings. The van der Waals surface area contributed by atoms with Crippen LogP contribution < -0.4 is 24.8 Å². The van der Waals surface area contributed by atoms with Gasteiger partial charge in [-0.2, -0.15) is 0 Å². The van der Waals surface area contributed by atoms with E-state index in [1.165, 1.54) is 10.9 Å². The van der Waals surface area contributed by atoms with Gasteiger partial charge in [0.1, 0.15) is 5.75 Å². The van der Waals surface area contributed by atoms with Gasteiger partial charge in [-0.1, -0.05) is 18.2 Å². The van der Waals surface area contributed by atoms with E-state index >= 15 is 0 Å². The van der Waals surface area contributed by atoms with Gasteiger partial charge in [-0.3, -0.25) is 15.1 Å². The highest BCUT2D eigenvalue weighted by Crippen LogP contribution is 2.32. The minimum absolute atomic E-state index is 0.153. The molecule has 5 rings (SSSR count). The molecule has 3 N–H and O–H groups in total. The van der Waals surface area contributed by atoms with Crippen molar-refractivity contribution in [3.63, 3.8) is 0 Å². The molecule has 0 fully saturated rings. The van der Waals surface area contributed by atoms with Crippen LogP contribution in [0.3, 0.4) is 0 Å². The van der Waals surface area contributed by atoms with E-state index in [1.54, 1.807) is 18.2 Å². The van der Waals surface area contributed by atoms with Gasteiger partial charge in [0.05, 0.1) is 6.61 Å². The predicted octanol–water partition coefficient (Wildman–Crippen LogP) is 4.74. The van der Waals surface area contributed by atoms with Crippen molar-refractivity contribution < 1.29 is 19.0 Å². The molecule has 0 saturated heterocycles. The van der Waals surface area contributed by atoms with Crippen molar-refractivity contribution in [2.24, 2.45) is 4.99 Å². The second-order valence-electron chi connectivity index (χ2n) is 7.94. The smallest absolute Gasteiger partial charge is 0.258 e. The predicted molar refractivity (Wildman–Crippen MR) is 136 cm³/mol. The first-order chi connectivity index (χ1) is 17.2. The molecule has 0 aliphatic carbocycles. The van der Waals surface area contributed by atoms with E-state index in [1.807, 2.05) is 55.6 Å². The van der Waals surface area contributed by atoms with Crippen molar-refractivity contribution in [2.75, 3.05) is 25.3 Å². The lowest BCUT2D eigenvalue weighted by Crippen LogP contribution is -2.36. The molecule has 3 aromatic carbocycles. The quantitative estimate of drug-likeness (QED) is 0.268. The highest BCUT2D eigenvalue weighted by Gasteiger charge is 2.17. The normalized spacial score (nSPS) is 12.5. The van der Waals surface area contributed by atoms with Crippen LogP contribution in [0.1, 0.15) is 22.8 Å². The van der Waals surface area contributed by atoms with Crippen molar-refractivity contribution in [1.82, 2.24) is 10.3 Å². The number of hydrogen-bond acceptors (Lipinski definition) is 5. The van der Waals surface area contributed by atoms with Crippen LogP contribution in [-0.4, -0.2) is 36.8 Å². The number of carbonyl (C=O) groups excluding carboxylic acids is 1. The first kappa shape index (κ1) is 22.3. The SMILES string of the molecule is CCOc1ccc(NC(=NCCc2c[nH]c3ccccc23)NC(=O)c2ccc3c(c2)OCO3)cc1. The molecule has 8 nitrogen and oxygen atoms in total. The largest absolute Gasteiger partial charge is 0.494 e. The van der Waals surface area contributed by atoms with Gasteiger partial charge in [0.25, 0.3) is 5.91 Å². The van der Waals surface area contributed by atoms with Crippen LogP contribution in [0.15, 0.2) is 77.9 Å². The van der Waals surface area contributed by atoms with E-state index in [9.17, 15) is 4.79 Å². The number of amides is 1. The van der Waals surface area contributed by atoms with Gasteiger partial charge >= 0.3 is 0 Å². The van der Waals surface area contributed by atoms with Gasteiger partial charge < -0.3 is 24.5 Å². The summed E-state index contributed by atoms with van der Waals surface area (Å²) in [6.07, 6.45) is 2.73. The summed E-state index contributed by atoms with van der Waals surface area (Å²) in [5.41, 5.74) is 3.50. The Balaban J connectivity index is 1.33. The van der Waals surface area contributed by atoms with E-state index < -0.39 is 0 Å². The molecular formula is C27H26N4O4. The average molecular weight is 471 g/mol. The molecule has 2 heterocycles. The number of carbonyl (C=O) groups is 1. The number of rotatable bonds is 7. The van der Waals surface area contributed by atoms with E-state index in [2.05, 4.69) is 26.7 Å². The van der Waals surface area contributed by atoms with Gasteiger partial charge in [0, 0.05) is 34.9 Å². The van der Waals surface area contributed by atoms with Gasteiger partial charge in [-0.25, -0.2) is 0 Å². The van der Waals surface area contributed by atoms with Crippen molar-refractivity contribution in [1.29, 1.82) is 0 Å². The Labute approximate surface area is 202 Å². The number of aliphatic imine (C=N–C) groups is 1. The maximum atomic E-state index is 13.0. The molecule has 1 aromatic heterocycles. The average Bonchev–Trinajstić information content (AvgIpc) is 3.52. The van der Waals surface area contributed by atoms with Crippen LogP contribution in [0.25, 0.3) is 10.9 Å². The summed E-state index contributed by atoms with van der Waals surface area (Å²) in [5.74, 6) is 2.01. The lowest BCUT2D eigenvalue weighted by molar-refractivity contribution is 0.0976. The number of fused-ring (bicyclic) bond motifs is 2. The zero-order valence-electron chi connectivity index (χ0n) is 19.3. The molecule has 8 heteroatoms. The summed E-state index contributed by atoms with van der Waals surface area (Å²) < 4.78 is 16.2. The molecule has 178 valence electrons. The number of guanidine groups is 1. The van der Waals surface area contributed by atoms with Crippen LogP contribution in [0, 0.1) is 0 Å². The Hall–Kier alpha value is -4.46. The molecular weight excluding hydrogens is 444 g/mol. The number of anilines is 1. The van der Waals surface area contributed by atoms with Gasteiger partial charge in [0.2, 0.25) is 12.8 Å². The molecule has 0 bridgehead atoms. The van der Waals surface area contributed by atoms with Crippen molar-refractivity contribution in [2.45, 2.75) is 13.3 Å². The molecule has 35 heavy (non-hydrogen) atoms. The third kappa shape index (κ3) is 5.22. The number of aromatic nitrogens is 1. The van der Waals surface area contributed by atoms with Crippen LogP contribution in [0.2, 0.25) is 0 Å². The van der Waals surface area contributed by atoms with Gasteiger partial charge in [0.15, 0.2) is 11.5 Å². The number of hydrogen-bond donors (Lipinski definition) is 3. The molecule has 0 radical (unpaired) electrons. The number of ether oxygens (including phenoxy) is 3. The topological polar surface area (TPSA) is 97.0 Å². The van der Waals surface area contributed by atoms with Crippen LogP contribution in [0.4, 0.5) is 5.69 Å². The molecule has 1 amide bonds. The fraction of sp³-hybridized carbons (Fsp3) is 0.185. The highest BCUT2D eigenvalue weighted by atomic mass is 16.7. The number of para-hydroxylation sites is 1. The van der Waals surface area contributed by atoms with Crippen molar-refractivity contribution >= 4 is 28.5 Å². The van der Waals surface area contributed by atoms with Crippen LogP contribution in [0.5, 0.6) is 17.2 Å². The zero-order valence-corrected chi connectivity index (χ0v) is 19.3. The van der Waals surface area contributed by atoms with Gasteiger partial charge in [-0.05, 0) is 67.4 Å². The second kappa shape index (κ2) is 10.2. The minimum Gasteiger partial charge on any atom is -0.494 e. The highest BCUT2D eigenvalue weighted by molar-refractivity contribution is 6.10. The van der Waals surface area contributed by atoms with E-state index in [0.29, 0.717) is 36.2 Å². The third-order valence-electron chi connectivity index (χ3n) is 5.62. The Bertz CT molecular complexity index is 1360. The molecule has 1 aliphatic heterocycles. The second-order valence-corrected chi connectivity index (χ2v) is 7.94. The first-order valence-corrected chi connectivity index (χ1v) is 11.5. The lowest BCUT2D eigenvalue weighted by atomic mass is 10.1. The summed E-state index contributed by atoms with van der Waals surface area (Å²) in [7, 11) is 0. The zero-order chi connectivity index (χ0) is 24.0. The maximum absolute atomic E-state index is 13.0. The number of nitrogens with zero attached hydrogens (tertiary/aromatic N) is 1. The molecule has 0 spiro atoms. The van der Waals surface area contributed by atoms with E-state index in [0.717, 1.165) is 23.4 Å². The van der Waals surface area contributed by atoms with Crippen LogP contribution in [-0.2, 0) is 6.42 Å². The van der Waals surface area contributed by atoms with Gasteiger partial charge in [-0.15, -0.1) is 0 Å². The lowest BCUT2D eigenvalue weighted by Gasteiger charge is -2.13. The Morgan fingerprint density at radius 2 is 1.89 bits per heavy atom. The third-order valence-corrected chi connectivity index (χ3v) is 5.62. The molecule has 4 aromatic rings. The summed E-state index contributed by atoms with van der Waals surface area (Å²) in [6.45, 7) is 3.18. The fourth-order valence-electron chi connectivity index (χ4n) is 3.89. The van der Waals surface area contributed by atoms with Crippen molar-refractivity contribution in [3.8, 4) is 17.2 Å².